The number of hydrogen-bond acceptors (Lipinski definition) is 5. The number of halogens is 1. The van der Waals surface area contributed by atoms with Crippen molar-refractivity contribution in [3.8, 4) is 11.6 Å². The maximum atomic E-state index is 11.2. The van der Waals surface area contributed by atoms with Gasteiger partial charge in [-0.2, -0.15) is 0 Å². The Morgan fingerprint density at radius 1 is 1.30 bits per heavy atom. The lowest BCUT2D eigenvalue weighted by Gasteiger charge is -2.07. The van der Waals surface area contributed by atoms with Crippen molar-refractivity contribution in [2.75, 3.05) is 13.2 Å². The standard InChI is InChI=1S/C17H19ClN2O3/c1-2-22-17(21)8-9-19-11-13-6-7-16(20-12-13)23-15-5-3-4-14(18)10-15/h3-7,10,12,19H,2,8-9,11H2,1H3. The third-order valence-electron chi connectivity index (χ3n) is 2.96. The van der Waals surface area contributed by atoms with Crippen molar-refractivity contribution in [2.24, 2.45) is 0 Å². The van der Waals surface area contributed by atoms with E-state index in [0.717, 1.165) is 5.56 Å². The number of aromatic nitrogens is 1. The van der Waals surface area contributed by atoms with Gasteiger partial charge >= 0.3 is 5.97 Å². The number of rotatable bonds is 8. The van der Waals surface area contributed by atoms with Gasteiger partial charge in [-0.15, -0.1) is 0 Å². The van der Waals surface area contributed by atoms with Gasteiger partial charge in [-0.25, -0.2) is 4.98 Å². The van der Waals surface area contributed by atoms with Crippen molar-refractivity contribution in [3.05, 3.63) is 53.2 Å². The molecule has 0 aliphatic carbocycles. The number of pyridine rings is 1. The first-order valence-corrected chi connectivity index (χ1v) is 7.80. The Kier molecular flexibility index (Phi) is 6.84. The molecule has 6 heteroatoms. The van der Waals surface area contributed by atoms with Gasteiger partial charge in [0.2, 0.25) is 5.88 Å². The quantitative estimate of drug-likeness (QED) is 0.590. The van der Waals surface area contributed by atoms with Crippen LogP contribution in [-0.2, 0) is 16.1 Å². The molecular weight excluding hydrogens is 316 g/mol. The highest BCUT2D eigenvalue weighted by atomic mass is 35.5. The SMILES string of the molecule is CCOC(=O)CCNCc1ccc(Oc2cccc(Cl)c2)nc1. The van der Waals surface area contributed by atoms with E-state index in [1.807, 2.05) is 18.2 Å². The molecule has 0 bridgehead atoms. The number of nitrogens with zero attached hydrogens (tertiary/aromatic N) is 1. The zero-order chi connectivity index (χ0) is 16.5. The highest BCUT2D eigenvalue weighted by Gasteiger charge is 2.02. The summed E-state index contributed by atoms with van der Waals surface area (Å²) in [5.74, 6) is 0.955. The van der Waals surface area contributed by atoms with E-state index >= 15 is 0 Å². The Balaban J connectivity index is 1.77. The molecule has 0 aliphatic heterocycles. The Bertz CT molecular complexity index is 632. The first-order chi connectivity index (χ1) is 11.2. The minimum atomic E-state index is -0.191. The summed E-state index contributed by atoms with van der Waals surface area (Å²) in [4.78, 5) is 15.4. The lowest BCUT2D eigenvalue weighted by molar-refractivity contribution is -0.142. The van der Waals surface area contributed by atoms with Gasteiger partial charge in [-0.3, -0.25) is 4.79 Å². The Morgan fingerprint density at radius 2 is 2.17 bits per heavy atom. The maximum absolute atomic E-state index is 11.2. The third kappa shape index (κ3) is 6.26. The molecule has 2 aromatic rings. The summed E-state index contributed by atoms with van der Waals surface area (Å²) >= 11 is 5.91. The number of ether oxygens (including phenoxy) is 2. The molecule has 0 amide bonds. The van der Waals surface area contributed by atoms with Crippen LogP contribution in [0.4, 0.5) is 0 Å². The molecule has 0 radical (unpaired) electrons. The number of benzene rings is 1. The smallest absolute Gasteiger partial charge is 0.307 e. The maximum Gasteiger partial charge on any atom is 0.307 e. The molecule has 1 N–H and O–H groups in total. The molecule has 5 nitrogen and oxygen atoms in total. The molecular formula is C17H19ClN2O3. The number of esters is 1. The fourth-order valence-electron chi connectivity index (χ4n) is 1.88. The van der Waals surface area contributed by atoms with Gasteiger partial charge in [-0.1, -0.05) is 23.7 Å². The van der Waals surface area contributed by atoms with E-state index in [1.165, 1.54) is 0 Å². The fourth-order valence-corrected chi connectivity index (χ4v) is 2.06. The number of hydrogen-bond donors (Lipinski definition) is 1. The molecule has 0 spiro atoms. The van der Waals surface area contributed by atoms with Crippen molar-refractivity contribution in [1.29, 1.82) is 0 Å². The average molecular weight is 335 g/mol. The minimum Gasteiger partial charge on any atom is -0.466 e. The topological polar surface area (TPSA) is 60.5 Å². The van der Waals surface area contributed by atoms with Gasteiger partial charge < -0.3 is 14.8 Å². The van der Waals surface area contributed by atoms with Crippen molar-refractivity contribution in [1.82, 2.24) is 10.3 Å². The number of carbonyl (C=O) groups excluding carboxylic acids is 1. The van der Waals surface area contributed by atoms with Gasteiger partial charge in [0.25, 0.3) is 0 Å². The summed E-state index contributed by atoms with van der Waals surface area (Å²) in [6, 6.07) is 10.9. The van der Waals surface area contributed by atoms with E-state index < -0.39 is 0 Å². The van der Waals surface area contributed by atoms with Crippen molar-refractivity contribution >= 4 is 17.6 Å². The van der Waals surface area contributed by atoms with E-state index in [1.54, 1.807) is 31.3 Å². The van der Waals surface area contributed by atoms with Crippen LogP contribution < -0.4 is 10.1 Å². The molecule has 0 saturated carbocycles. The van der Waals surface area contributed by atoms with Crippen LogP contribution in [0.1, 0.15) is 18.9 Å². The Hall–Kier alpha value is -2.11. The van der Waals surface area contributed by atoms with Gasteiger partial charge in [0, 0.05) is 30.4 Å². The predicted molar refractivity (Wildman–Crippen MR) is 88.7 cm³/mol. The van der Waals surface area contributed by atoms with Crippen LogP contribution in [0.5, 0.6) is 11.6 Å². The fraction of sp³-hybridized carbons (Fsp3) is 0.294. The van der Waals surface area contributed by atoms with Crippen LogP contribution in [0.3, 0.4) is 0 Å². The van der Waals surface area contributed by atoms with Crippen molar-refractivity contribution in [3.63, 3.8) is 0 Å². The minimum absolute atomic E-state index is 0.191. The highest BCUT2D eigenvalue weighted by Crippen LogP contribution is 2.22. The van der Waals surface area contributed by atoms with E-state index in [4.69, 9.17) is 21.1 Å². The molecule has 0 atom stereocenters. The van der Waals surface area contributed by atoms with Crippen LogP contribution in [0.2, 0.25) is 5.02 Å². The first-order valence-electron chi connectivity index (χ1n) is 7.42. The molecule has 2 rings (SSSR count). The van der Waals surface area contributed by atoms with Crippen molar-refractivity contribution in [2.45, 2.75) is 19.9 Å². The molecule has 0 saturated heterocycles. The molecule has 122 valence electrons. The van der Waals surface area contributed by atoms with E-state index in [2.05, 4.69) is 10.3 Å². The van der Waals surface area contributed by atoms with Crippen LogP contribution in [0.25, 0.3) is 0 Å². The summed E-state index contributed by atoms with van der Waals surface area (Å²) in [5, 5.41) is 3.78. The van der Waals surface area contributed by atoms with Crippen LogP contribution in [-0.4, -0.2) is 24.1 Å². The summed E-state index contributed by atoms with van der Waals surface area (Å²) in [5.41, 5.74) is 1.01. The van der Waals surface area contributed by atoms with Gasteiger partial charge in [-0.05, 0) is 30.7 Å². The predicted octanol–water partition coefficient (Wildman–Crippen LogP) is 3.57. The molecule has 1 aromatic carbocycles. The lowest BCUT2D eigenvalue weighted by Crippen LogP contribution is -2.19. The van der Waals surface area contributed by atoms with Crippen LogP contribution in [0.15, 0.2) is 42.6 Å². The lowest BCUT2D eigenvalue weighted by atomic mass is 10.3. The van der Waals surface area contributed by atoms with Gasteiger partial charge in [0.1, 0.15) is 5.75 Å². The largest absolute Gasteiger partial charge is 0.466 e. The monoisotopic (exact) mass is 334 g/mol. The summed E-state index contributed by atoms with van der Waals surface area (Å²) < 4.78 is 10.5. The Morgan fingerprint density at radius 3 is 2.87 bits per heavy atom. The van der Waals surface area contributed by atoms with E-state index in [9.17, 15) is 4.79 Å². The molecule has 0 aliphatic rings. The second-order valence-electron chi connectivity index (χ2n) is 4.80. The third-order valence-corrected chi connectivity index (χ3v) is 3.19. The molecule has 0 unspecified atom stereocenters. The van der Waals surface area contributed by atoms with Crippen molar-refractivity contribution < 1.29 is 14.3 Å². The Labute approximate surface area is 140 Å². The number of nitrogens with one attached hydrogen (secondary N) is 1. The van der Waals surface area contributed by atoms with Crippen LogP contribution >= 0.6 is 11.6 Å². The molecule has 23 heavy (non-hydrogen) atoms. The summed E-state index contributed by atoms with van der Waals surface area (Å²) in [7, 11) is 0. The second kappa shape index (κ2) is 9.12. The van der Waals surface area contributed by atoms with Crippen LogP contribution in [0, 0.1) is 0 Å². The first kappa shape index (κ1) is 17.2. The summed E-state index contributed by atoms with van der Waals surface area (Å²) in [6.07, 6.45) is 2.09. The number of carbonyl (C=O) groups is 1. The van der Waals surface area contributed by atoms with E-state index in [-0.39, 0.29) is 5.97 Å². The summed E-state index contributed by atoms with van der Waals surface area (Å²) in [6.45, 7) is 3.41. The highest BCUT2D eigenvalue weighted by molar-refractivity contribution is 6.30. The zero-order valence-corrected chi connectivity index (χ0v) is 13.7. The van der Waals surface area contributed by atoms with E-state index in [0.29, 0.717) is 42.8 Å². The molecule has 1 heterocycles. The molecule has 0 fully saturated rings. The normalized spacial score (nSPS) is 10.3. The van der Waals surface area contributed by atoms with Gasteiger partial charge in [0.15, 0.2) is 0 Å². The zero-order valence-electron chi connectivity index (χ0n) is 12.9. The van der Waals surface area contributed by atoms with Gasteiger partial charge in [0.05, 0.1) is 13.0 Å². The average Bonchev–Trinajstić information content (AvgIpc) is 2.53. The second-order valence-corrected chi connectivity index (χ2v) is 5.23. The molecule has 1 aromatic heterocycles.